The van der Waals surface area contributed by atoms with Crippen LogP contribution in [0.3, 0.4) is 0 Å². The fourth-order valence-electron chi connectivity index (χ4n) is 1.64. The van der Waals surface area contributed by atoms with Gasteiger partial charge in [-0.2, -0.15) is 0 Å². The number of hydrogen-bond acceptors (Lipinski definition) is 2. The molecule has 1 saturated carbocycles. The molecule has 0 bridgehead atoms. The molecule has 0 N–H and O–H groups in total. The van der Waals surface area contributed by atoms with Crippen LogP contribution in [-0.4, -0.2) is 6.79 Å². The first-order chi connectivity index (χ1) is 6.34. The second-order valence-corrected chi connectivity index (χ2v) is 3.50. The van der Waals surface area contributed by atoms with Crippen LogP contribution in [0.2, 0.25) is 0 Å². The Labute approximate surface area is 75.3 Å². The van der Waals surface area contributed by atoms with Crippen LogP contribution < -0.4 is 9.47 Å². The van der Waals surface area contributed by atoms with Crippen molar-refractivity contribution >= 4 is 0 Å². The van der Waals surface area contributed by atoms with Crippen LogP contribution in [0.25, 0.3) is 0 Å². The topological polar surface area (TPSA) is 18.5 Å². The number of ether oxygens (including phenoxy) is 2. The number of fused-ring (bicyclic) bond motifs is 1. The fraction of sp³-hybridized carbons (Fsp3) is 0.400. The van der Waals surface area contributed by atoms with Gasteiger partial charge in [0.15, 0.2) is 11.5 Å². The average molecular weight is 180 g/mol. The molecule has 1 aromatic rings. The molecule has 2 aliphatic rings. The molecule has 0 amide bonds. The van der Waals surface area contributed by atoms with E-state index in [0.717, 1.165) is 18.4 Å². The highest BCUT2D eigenvalue weighted by Gasteiger charge is 2.29. The van der Waals surface area contributed by atoms with E-state index in [-0.39, 0.29) is 12.6 Å². The van der Waals surface area contributed by atoms with E-state index in [9.17, 15) is 4.39 Å². The second kappa shape index (κ2) is 2.37. The smallest absolute Gasteiger partial charge is 0.231 e. The lowest BCUT2D eigenvalue weighted by atomic mass is 10.1. The first kappa shape index (κ1) is 7.18. The molecule has 0 unspecified atom stereocenters. The van der Waals surface area contributed by atoms with Crippen molar-refractivity contribution in [3.8, 4) is 11.5 Å². The molecule has 68 valence electrons. The number of hydrogen-bond donors (Lipinski definition) is 0. The average Bonchev–Trinajstić information content (AvgIpc) is 2.85. The van der Waals surface area contributed by atoms with Gasteiger partial charge in [-0.15, -0.1) is 0 Å². The molecule has 0 atom stereocenters. The van der Waals surface area contributed by atoms with Crippen molar-refractivity contribution in [3.05, 3.63) is 23.5 Å². The van der Waals surface area contributed by atoms with Gasteiger partial charge >= 0.3 is 0 Å². The molecular formula is C10H9FO2. The Morgan fingerprint density at radius 2 is 1.85 bits per heavy atom. The first-order valence-electron chi connectivity index (χ1n) is 4.43. The Kier molecular flexibility index (Phi) is 1.31. The van der Waals surface area contributed by atoms with E-state index in [1.54, 1.807) is 6.07 Å². The van der Waals surface area contributed by atoms with Crippen LogP contribution in [-0.2, 0) is 0 Å². The minimum absolute atomic E-state index is 0.160. The zero-order chi connectivity index (χ0) is 8.84. The summed E-state index contributed by atoms with van der Waals surface area (Å²) in [5.74, 6) is 1.46. The monoisotopic (exact) mass is 180 g/mol. The molecule has 1 aliphatic heterocycles. The summed E-state index contributed by atoms with van der Waals surface area (Å²) in [6.07, 6.45) is 2.19. The molecule has 0 saturated heterocycles. The molecule has 0 aromatic heterocycles. The predicted octanol–water partition coefficient (Wildman–Crippen LogP) is 2.43. The Morgan fingerprint density at radius 1 is 1.15 bits per heavy atom. The minimum Gasteiger partial charge on any atom is -0.454 e. The van der Waals surface area contributed by atoms with Crippen LogP contribution in [0, 0.1) is 5.82 Å². The van der Waals surface area contributed by atoms with Crippen molar-refractivity contribution in [1.29, 1.82) is 0 Å². The third-order valence-electron chi connectivity index (χ3n) is 2.51. The predicted molar refractivity (Wildman–Crippen MR) is 44.5 cm³/mol. The zero-order valence-electron chi connectivity index (χ0n) is 7.05. The summed E-state index contributed by atoms with van der Waals surface area (Å²) < 4.78 is 23.7. The van der Waals surface area contributed by atoms with Crippen molar-refractivity contribution in [2.45, 2.75) is 18.8 Å². The largest absolute Gasteiger partial charge is 0.454 e. The molecule has 3 rings (SSSR count). The summed E-state index contributed by atoms with van der Waals surface area (Å²) in [4.78, 5) is 0. The Morgan fingerprint density at radius 3 is 2.54 bits per heavy atom. The summed E-state index contributed by atoms with van der Waals surface area (Å²) in [5.41, 5.74) is 0.782. The number of halogens is 1. The van der Waals surface area contributed by atoms with Crippen molar-refractivity contribution in [1.82, 2.24) is 0 Å². The summed E-state index contributed by atoms with van der Waals surface area (Å²) in [6.45, 7) is 0.211. The van der Waals surface area contributed by atoms with Gasteiger partial charge in [0, 0.05) is 6.07 Å². The Hall–Kier alpha value is -1.25. The molecule has 1 aliphatic carbocycles. The van der Waals surface area contributed by atoms with Crippen molar-refractivity contribution < 1.29 is 13.9 Å². The minimum atomic E-state index is -0.160. The van der Waals surface area contributed by atoms with Crippen LogP contribution in [0.5, 0.6) is 11.5 Å². The lowest BCUT2D eigenvalue weighted by Gasteiger charge is -2.02. The van der Waals surface area contributed by atoms with E-state index >= 15 is 0 Å². The molecule has 2 nitrogen and oxygen atoms in total. The summed E-state index contributed by atoms with van der Waals surface area (Å²) in [5, 5.41) is 0. The lowest BCUT2D eigenvalue weighted by Crippen LogP contribution is -1.92. The number of benzene rings is 1. The maximum absolute atomic E-state index is 13.4. The Balaban J connectivity index is 2.10. The summed E-state index contributed by atoms with van der Waals surface area (Å²) in [6, 6.07) is 3.20. The van der Waals surface area contributed by atoms with Gasteiger partial charge < -0.3 is 9.47 Å². The molecule has 3 heteroatoms. The second-order valence-electron chi connectivity index (χ2n) is 3.50. The SMILES string of the molecule is Fc1cc2c(cc1C1CC1)OCO2. The van der Waals surface area contributed by atoms with Crippen LogP contribution in [0.1, 0.15) is 24.3 Å². The molecule has 1 heterocycles. The van der Waals surface area contributed by atoms with E-state index in [4.69, 9.17) is 9.47 Å². The highest BCUT2D eigenvalue weighted by molar-refractivity contribution is 5.47. The van der Waals surface area contributed by atoms with Gasteiger partial charge in [-0.25, -0.2) is 4.39 Å². The molecule has 1 aromatic carbocycles. The zero-order valence-corrected chi connectivity index (χ0v) is 7.05. The van der Waals surface area contributed by atoms with Gasteiger partial charge in [0.1, 0.15) is 5.82 Å². The van der Waals surface area contributed by atoms with Gasteiger partial charge in [0.05, 0.1) is 0 Å². The maximum Gasteiger partial charge on any atom is 0.231 e. The quantitative estimate of drug-likeness (QED) is 0.660. The third-order valence-corrected chi connectivity index (χ3v) is 2.51. The lowest BCUT2D eigenvalue weighted by molar-refractivity contribution is 0.174. The standard InChI is InChI=1S/C10H9FO2/c11-8-4-10-9(12-5-13-10)3-7(8)6-1-2-6/h3-4,6H,1-2,5H2. The van der Waals surface area contributed by atoms with Crippen LogP contribution >= 0.6 is 0 Å². The van der Waals surface area contributed by atoms with E-state index in [1.165, 1.54) is 6.07 Å². The summed E-state index contributed by atoms with van der Waals surface area (Å²) >= 11 is 0. The van der Waals surface area contributed by atoms with Crippen LogP contribution in [0.4, 0.5) is 4.39 Å². The van der Waals surface area contributed by atoms with Crippen molar-refractivity contribution in [2.75, 3.05) is 6.79 Å². The van der Waals surface area contributed by atoms with Crippen LogP contribution in [0.15, 0.2) is 12.1 Å². The Bertz CT molecular complexity index is 358. The van der Waals surface area contributed by atoms with Gasteiger partial charge in [-0.1, -0.05) is 0 Å². The molecule has 13 heavy (non-hydrogen) atoms. The van der Waals surface area contributed by atoms with Gasteiger partial charge in [-0.05, 0) is 30.4 Å². The third kappa shape index (κ3) is 1.07. The molecule has 0 spiro atoms. The first-order valence-corrected chi connectivity index (χ1v) is 4.43. The van der Waals surface area contributed by atoms with Gasteiger partial charge in [0.2, 0.25) is 6.79 Å². The van der Waals surface area contributed by atoms with Crippen molar-refractivity contribution in [3.63, 3.8) is 0 Å². The van der Waals surface area contributed by atoms with Crippen molar-refractivity contribution in [2.24, 2.45) is 0 Å². The fourth-order valence-corrected chi connectivity index (χ4v) is 1.64. The molecule has 0 radical (unpaired) electrons. The maximum atomic E-state index is 13.4. The normalized spacial score (nSPS) is 19.2. The highest BCUT2D eigenvalue weighted by atomic mass is 19.1. The van der Waals surface area contributed by atoms with E-state index in [0.29, 0.717) is 17.4 Å². The van der Waals surface area contributed by atoms with E-state index in [2.05, 4.69) is 0 Å². The molecule has 1 fully saturated rings. The number of rotatable bonds is 1. The highest BCUT2D eigenvalue weighted by Crippen LogP contribution is 2.45. The van der Waals surface area contributed by atoms with E-state index in [1.807, 2.05) is 0 Å². The summed E-state index contributed by atoms with van der Waals surface area (Å²) in [7, 11) is 0. The molecular weight excluding hydrogens is 171 g/mol. The van der Waals surface area contributed by atoms with Gasteiger partial charge in [0.25, 0.3) is 0 Å². The van der Waals surface area contributed by atoms with Gasteiger partial charge in [-0.3, -0.25) is 0 Å². The van der Waals surface area contributed by atoms with E-state index < -0.39 is 0 Å².